The molecule has 1 aliphatic rings. The molecule has 0 heterocycles. The zero-order valence-corrected chi connectivity index (χ0v) is 11.4. The Bertz CT molecular complexity index is 344. The number of rotatable bonds is 2. The third-order valence-electron chi connectivity index (χ3n) is 4.35. The van der Waals surface area contributed by atoms with Gasteiger partial charge >= 0.3 is 0 Å². The molecule has 0 spiro atoms. The van der Waals surface area contributed by atoms with Gasteiger partial charge in [-0.1, -0.05) is 38.0 Å². The highest BCUT2D eigenvalue weighted by Gasteiger charge is 2.42. The Morgan fingerprint density at radius 2 is 1.94 bits per heavy atom. The third kappa shape index (κ3) is 2.14. The van der Waals surface area contributed by atoms with E-state index in [-0.39, 0.29) is 17.1 Å². The molecule has 0 aromatic carbocycles. The molecule has 0 N–H and O–H groups in total. The Morgan fingerprint density at radius 1 is 1.38 bits per heavy atom. The van der Waals surface area contributed by atoms with Crippen molar-refractivity contribution in [1.29, 1.82) is 0 Å². The Morgan fingerprint density at radius 3 is 2.44 bits per heavy atom. The fourth-order valence-electron chi connectivity index (χ4n) is 2.81. The van der Waals surface area contributed by atoms with E-state index in [1.807, 2.05) is 13.0 Å². The van der Waals surface area contributed by atoms with Crippen LogP contribution in [0, 0.1) is 17.3 Å². The second-order valence-electron chi connectivity index (χ2n) is 5.73. The van der Waals surface area contributed by atoms with Crippen molar-refractivity contribution in [3.63, 3.8) is 0 Å². The molecule has 1 nitrogen and oxygen atoms in total. The SMILES string of the molecule is C/C=C/C(=O)C1C(C)=C(C)CC(C)C1(C)C. The van der Waals surface area contributed by atoms with Crippen LogP contribution in [0.25, 0.3) is 0 Å². The summed E-state index contributed by atoms with van der Waals surface area (Å²) >= 11 is 0. The summed E-state index contributed by atoms with van der Waals surface area (Å²) in [7, 11) is 0. The van der Waals surface area contributed by atoms with Gasteiger partial charge in [0.25, 0.3) is 0 Å². The van der Waals surface area contributed by atoms with E-state index in [1.165, 1.54) is 11.1 Å². The maximum Gasteiger partial charge on any atom is 0.163 e. The first-order valence-corrected chi connectivity index (χ1v) is 6.15. The van der Waals surface area contributed by atoms with Gasteiger partial charge in [-0.25, -0.2) is 0 Å². The Labute approximate surface area is 99.6 Å². The fourth-order valence-corrected chi connectivity index (χ4v) is 2.81. The number of ketones is 1. The minimum absolute atomic E-state index is 0.0625. The maximum absolute atomic E-state index is 12.2. The summed E-state index contributed by atoms with van der Waals surface area (Å²) in [6.07, 6.45) is 4.69. The molecule has 2 unspecified atom stereocenters. The predicted octanol–water partition coefficient (Wildman–Crippen LogP) is 4.15. The van der Waals surface area contributed by atoms with E-state index in [9.17, 15) is 4.79 Å². The number of allylic oxidation sites excluding steroid dienone is 4. The maximum atomic E-state index is 12.2. The first kappa shape index (κ1) is 13.2. The quantitative estimate of drug-likeness (QED) is 0.504. The van der Waals surface area contributed by atoms with Gasteiger partial charge in [-0.3, -0.25) is 4.79 Å². The molecule has 0 radical (unpaired) electrons. The highest BCUT2D eigenvalue weighted by atomic mass is 16.1. The van der Waals surface area contributed by atoms with E-state index in [2.05, 4.69) is 34.6 Å². The van der Waals surface area contributed by atoms with Crippen molar-refractivity contribution in [2.45, 2.75) is 48.0 Å². The molecule has 2 atom stereocenters. The van der Waals surface area contributed by atoms with E-state index in [0.717, 1.165) is 6.42 Å². The molecule has 1 heteroatoms. The van der Waals surface area contributed by atoms with E-state index >= 15 is 0 Å². The lowest BCUT2D eigenvalue weighted by atomic mass is 9.60. The lowest BCUT2D eigenvalue weighted by Crippen LogP contribution is -2.40. The topological polar surface area (TPSA) is 17.1 Å². The molecule has 0 aromatic heterocycles. The molecule has 0 aromatic rings. The van der Waals surface area contributed by atoms with Crippen LogP contribution in [0.5, 0.6) is 0 Å². The zero-order valence-electron chi connectivity index (χ0n) is 11.4. The standard InChI is InChI=1S/C15H24O/c1-7-8-13(16)14-12(4)10(2)9-11(3)15(14,5)6/h7-8,11,14H,9H2,1-6H3/b8-7+. The molecular formula is C15H24O. The molecule has 1 aliphatic carbocycles. The molecule has 0 bridgehead atoms. The normalized spacial score (nSPS) is 29.9. The van der Waals surface area contributed by atoms with Gasteiger partial charge in [0.2, 0.25) is 0 Å². The monoisotopic (exact) mass is 220 g/mol. The summed E-state index contributed by atoms with van der Waals surface area (Å²) in [5, 5.41) is 0. The van der Waals surface area contributed by atoms with Crippen LogP contribution >= 0.6 is 0 Å². The summed E-state index contributed by atoms with van der Waals surface area (Å²) < 4.78 is 0. The van der Waals surface area contributed by atoms with Crippen LogP contribution in [-0.4, -0.2) is 5.78 Å². The Kier molecular flexibility index (Phi) is 3.77. The molecule has 90 valence electrons. The van der Waals surface area contributed by atoms with Gasteiger partial charge in [-0.2, -0.15) is 0 Å². The number of carbonyl (C=O) groups is 1. The van der Waals surface area contributed by atoms with Crippen LogP contribution < -0.4 is 0 Å². The molecule has 1 rings (SSSR count). The first-order chi connectivity index (χ1) is 7.32. The van der Waals surface area contributed by atoms with Crippen molar-refractivity contribution in [3.8, 4) is 0 Å². The van der Waals surface area contributed by atoms with Gasteiger partial charge in [-0.15, -0.1) is 0 Å². The van der Waals surface area contributed by atoms with Crippen molar-refractivity contribution in [1.82, 2.24) is 0 Å². The molecule has 16 heavy (non-hydrogen) atoms. The lowest BCUT2D eigenvalue weighted by molar-refractivity contribution is -0.121. The number of carbonyl (C=O) groups excluding carboxylic acids is 1. The van der Waals surface area contributed by atoms with E-state index in [0.29, 0.717) is 5.92 Å². The summed E-state index contributed by atoms with van der Waals surface area (Å²) in [6.45, 7) is 12.9. The average molecular weight is 220 g/mol. The first-order valence-electron chi connectivity index (χ1n) is 6.15. The molecule has 0 fully saturated rings. The minimum atomic E-state index is 0.0625. The van der Waals surface area contributed by atoms with Gasteiger partial charge in [0.05, 0.1) is 0 Å². The van der Waals surface area contributed by atoms with Gasteiger partial charge in [-0.05, 0) is 44.6 Å². The second-order valence-corrected chi connectivity index (χ2v) is 5.73. The Hall–Kier alpha value is -0.850. The number of hydrogen-bond acceptors (Lipinski definition) is 1. The summed E-state index contributed by atoms with van der Waals surface area (Å²) in [4.78, 5) is 12.2. The van der Waals surface area contributed by atoms with Crippen molar-refractivity contribution >= 4 is 5.78 Å². The molecule has 0 aliphatic heterocycles. The summed E-state index contributed by atoms with van der Waals surface area (Å²) in [5.74, 6) is 0.888. The summed E-state index contributed by atoms with van der Waals surface area (Å²) in [5.41, 5.74) is 2.75. The molecule has 0 amide bonds. The van der Waals surface area contributed by atoms with Crippen molar-refractivity contribution < 1.29 is 4.79 Å². The van der Waals surface area contributed by atoms with Crippen molar-refractivity contribution in [2.75, 3.05) is 0 Å². The number of hydrogen-bond donors (Lipinski definition) is 0. The van der Waals surface area contributed by atoms with Crippen molar-refractivity contribution in [3.05, 3.63) is 23.3 Å². The van der Waals surface area contributed by atoms with E-state index < -0.39 is 0 Å². The zero-order chi connectivity index (χ0) is 12.5. The van der Waals surface area contributed by atoms with Crippen LogP contribution in [0.4, 0.5) is 0 Å². The second kappa shape index (κ2) is 4.57. The van der Waals surface area contributed by atoms with Crippen LogP contribution in [-0.2, 0) is 4.79 Å². The van der Waals surface area contributed by atoms with Crippen molar-refractivity contribution in [2.24, 2.45) is 17.3 Å². The van der Waals surface area contributed by atoms with Gasteiger partial charge in [0.15, 0.2) is 5.78 Å². The molecule has 0 saturated heterocycles. The van der Waals surface area contributed by atoms with Crippen LogP contribution in [0.2, 0.25) is 0 Å². The summed E-state index contributed by atoms with van der Waals surface area (Å²) in [6, 6.07) is 0. The smallest absolute Gasteiger partial charge is 0.163 e. The van der Waals surface area contributed by atoms with Crippen LogP contribution in [0.3, 0.4) is 0 Å². The van der Waals surface area contributed by atoms with Gasteiger partial charge in [0, 0.05) is 5.92 Å². The predicted molar refractivity (Wildman–Crippen MR) is 69.2 cm³/mol. The Balaban J connectivity index is 3.19. The largest absolute Gasteiger partial charge is 0.294 e. The minimum Gasteiger partial charge on any atom is -0.294 e. The lowest BCUT2D eigenvalue weighted by Gasteiger charge is -2.43. The third-order valence-corrected chi connectivity index (χ3v) is 4.35. The van der Waals surface area contributed by atoms with Crippen LogP contribution in [0.15, 0.2) is 23.3 Å². The fraction of sp³-hybridized carbons (Fsp3) is 0.667. The highest BCUT2D eigenvalue weighted by Crippen LogP contribution is 2.47. The molecule has 0 saturated carbocycles. The van der Waals surface area contributed by atoms with E-state index in [4.69, 9.17) is 0 Å². The van der Waals surface area contributed by atoms with Crippen LogP contribution in [0.1, 0.15) is 48.0 Å². The highest BCUT2D eigenvalue weighted by molar-refractivity contribution is 5.94. The van der Waals surface area contributed by atoms with E-state index in [1.54, 1.807) is 6.08 Å². The molecular weight excluding hydrogens is 196 g/mol. The van der Waals surface area contributed by atoms with Gasteiger partial charge < -0.3 is 0 Å². The average Bonchev–Trinajstić information content (AvgIpc) is 2.15. The van der Waals surface area contributed by atoms with Gasteiger partial charge in [0.1, 0.15) is 0 Å².